The largest absolute Gasteiger partial charge is 0.457 e. The van der Waals surface area contributed by atoms with E-state index in [9.17, 15) is 10.0 Å². The van der Waals surface area contributed by atoms with Crippen molar-refractivity contribution in [2.75, 3.05) is 0 Å². The van der Waals surface area contributed by atoms with Crippen LogP contribution in [-0.4, -0.2) is 23.9 Å². The Labute approximate surface area is 204 Å². The molecule has 0 aliphatic rings. The maximum atomic E-state index is 10.8. The minimum atomic E-state index is -0.770. The van der Waals surface area contributed by atoms with Crippen LogP contribution in [0, 0.1) is 13.8 Å². The monoisotopic (exact) mass is 474 g/mol. The van der Waals surface area contributed by atoms with Crippen molar-refractivity contribution < 1.29 is 14.8 Å². The molecule has 0 aromatic heterocycles. The van der Waals surface area contributed by atoms with Gasteiger partial charge in [-0.15, -0.1) is 0 Å². The van der Waals surface area contributed by atoms with Gasteiger partial charge in [-0.25, -0.2) is 0 Å². The van der Waals surface area contributed by atoms with Crippen LogP contribution in [0.25, 0.3) is 0 Å². The third-order valence-electron chi connectivity index (χ3n) is 5.70. The Morgan fingerprint density at radius 1 is 0.576 bits per heavy atom. The maximum absolute atomic E-state index is 10.8. The summed E-state index contributed by atoms with van der Waals surface area (Å²) in [5.41, 5.74) is 5.01. The van der Waals surface area contributed by atoms with E-state index in [1.807, 2.05) is 86.6 Å². The van der Waals surface area contributed by atoms with Crippen molar-refractivity contribution in [2.45, 2.75) is 13.8 Å². The fourth-order valence-electron chi connectivity index (χ4n) is 3.74. The van der Waals surface area contributed by atoms with Crippen molar-refractivity contribution >= 4 is 58.9 Å². The molecule has 33 heavy (non-hydrogen) atoms. The van der Waals surface area contributed by atoms with Crippen molar-refractivity contribution in [3.63, 3.8) is 0 Å². The molecule has 7 heteroatoms. The number of benzene rings is 4. The van der Waals surface area contributed by atoms with E-state index in [0.717, 1.165) is 33.0 Å². The van der Waals surface area contributed by atoms with Crippen molar-refractivity contribution in [3.8, 4) is 11.5 Å². The molecule has 4 rings (SSSR count). The number of rotatable bonds is 6. The van der Waals surface area contributed by atoms with Gasteiger partial charge in [-0.1, -0.05) is 70.7 Å². The van der Waals surface area contributed by atoms with Gasteiger partial charge in [0.1, 0.15) is 11.5 Å². The predicted octanol–water partition coefficient (Wildman–Crippen LogP) is 3.60. The van der Waals surface area contributed by atoms with Crippen molar-refractivity contribution in [1.82, 2.24) is 0 Å². The number of hydrogen-bond donors (Lipinski definition) is 2. The molecular weight excluding hydrogens is 453 g/mol. The fraction of sp³-hybridized carbons (Fsp3) is 0.0769. The SMILES string of the molecule is Cc1ccc(Cl)cc1B(O)c1ccc(Oc2ccc(B(O)c3cc(Cl)ccc3C)cc2)cc1. The van der Waals surface area contributed by atoms with E-state index < -0.39 is 13.8 Å². The molecule has 0 aliphatic heterocycles. The normalized spacial score (nSPS) is 10.7. The lowest BCUT2D eigenvalue weighted by atomic mass is 9.55. The molecule has 0 unspecified atom stereocenters. The Kier molecular flexibility index (Phi) is 7.16. The van der Waals surface area contributed by atoms with Crippen LogP contribution < -0.4 is 26.6 Å². The van der Waals surface area contributed by atoms with Gasteiger partial charge in [0, 0.05) is 10.0 Å². The van der Waals surface area contributed by atoms with E-state index in [0.29, 0.717) is 21.5 Å². The molecule has 4 aromatic carbocycles. The smallest absolute Gasteiger partial charge is 0.359 e. The van der Waals surface area contributed by atoms with Gasteiger partial charge in [0.25, 0.3) is 0 Å². The molecule has 3 nitrogen and oxygen atoms in total. The average molecular weight is 475 g/mol. The summed E-state index contributed by atoms with van der Waals surface area (Å²) in [6.45, 7) is 2.35. The third kappa shape index (κ3) is 5.45. The van der Waals surface area contributed by atoms with Crippen LogP contribution in [0.5, 0.6) is 11.5 Å². The van der Waals surface area contributed by atoms with Gasteiger partial charge < -0.3 is 14.8 Å². The first kappa shape index (κ1) is 23.5. The molecule has 4 aromatic rings. The average Bonchev–Trinajstić information content (AvgIpc) is 2.82. The summed E-state index contributed by atoms with van der Waals surface area (Å²) in [6.07, 6.45) is 0. The first-order chi connectivity index (χ1) is 15.8. The molecule has 0 saturated carbocycles. The Balaban J connectivity index is 1.46. The van der Waals surface area contributed by atoms with Gasteiger partial charge in [0.15, 0.2) is 0 Å². The van der Waals surface area contributed by atoms with Crippen LogP contribution in [0.3, 0.4) is 0 Å². The summed E-state index contributed by atoms with van der Waals surface area (Å²) in [7, 11) is 0. The highest BCUT2D eigenvalue weighted by atomic mass is 35.5. The summed E-state index contributed by atoms with van der Waals surface area (Å²) >= 11 is 12.2. The van der Waals surface area contributed by atoms with Crippen molar-refractivity contribution in [1.29, 1.82) is 0 Å². The van der Waals surface area contributed by atoms with E-state index in [-0.39, 0.29) is 0 Å². The van der Waals surface area contributed by atoms with Gasteiger partial charge in [-0.05, 0) is 84.2 Å². The molecule has 0 spiro atoms. The van der Waals surface area contributed by atoms with E-state index in [1.54, 1.807) is 12.1 Å². The predicted molar refractivity (Wildman–Crippen MR) is 140 cm³/mol. The van der Waals surface area contributed by atoms with E-state index >= 15 is 0 Å². The number of hydrogen-bond acceptors (Lipinski definition) is 3. The highest BCUT2D eigenvalue weighted by Crippen LogP contribution is 2.20. The van der Waals surface area contributed by atoms with Crippen LogP contribution in [0.1, 0.15) is 11.1 Å². The second-order valence-electron chi connectivity index (χ2n) is 8.05. The van der Waals surface area contributed by atoms with E-state index in [2.05, 4.69) is 0 Å². The first-order valence-corrected chi connectivity index (χ1v) is 11.3. The number of aryl methyl sites for hydroxylation is 2. The lowest BCUT2D eigenvalue weighted by molar-refractivity contribution is 0.483. The molecule has 0 saturated heterocycles. The third-order valence-corrected chi connectivity index (χ3v) is 6.17. The molecule has 0 aliphatic carbocycles. The topological polar surface area (TPSA) is 49.7 Å². The zero-order valence-corrected chi connectivity index (χ0v) is 19.8. The first-order valence-electron chi connectivity index (χ1n) is 10.6. The summed E-state index contributed by atoms with van der Waals surface area (Å²) in [5.74, 6) is 1.29. The Morgan fingerprint density at radius 3 is 1.30 bits per heavy atom. The molecule has 164 valence electrons. The van der Waals surface area contributed by atoms with Crippen LogP contribution in [0.4, 0.5) is 0 Å². The highest BCUT2D eigenvalue weighted by Gasteiger charge is 2.21. The molecule has 2 N–H and O–H groups in total. The minimum Gasteiger partial charge on any atom is -0.457 e. The van der Waals surface area contributed by atoms with Crippen LogP contribution in [0.2, 0.25) is 10.0 Å². The Bertz CT molecular complexity index is 1160. The van der Waals surface area contributed by atoms with Gasteiger partial charge in [0.2, 0.25) is 0 Å². The standard InChI is InChI=1S/C26H22B2Cl2O3/c1-17-3-9-21(29)15-25(17)27(31)19-5-11-23(12-6-19)33-24-13-7-20(8-14-24)28(32)26-16-22(30)10-4-18(26)2/h3-16,31-32H,1-2H3. The summed E-state index contributed by atoms with van der Waals surface area (Å²) in [4.78, 5) is 0. The quantitative estimate of drug-likeness (QED) is 0.420. The minimum absolute atomic E-state index is 0.591. The maximum Gasteiger partial charge on any atom is 0.359 e. The van der Waals surface area contributed by atoms with Crippen LogP contribution in [0.15, 0.2) is 84.9 Å². The summed E-state index contributed by atoms with van der Waals surface area (Å²) in [6, 6.07) is 25.6. The molecule has 0 bridgehead atoms. The zero-order valence-electron chi connectivity index (χ0n) is 18.3. The summed E-state index contributed by atoms with van der Waals surface area (Å²) in [5, 5.41) is 22.7. The number of halogens is 2. The number of ether oxygens (including phenoxy) is 1. The molecular formula is C26H22B2Cl2O3. The van der Waals surface area contributed by atoms with Crippen molar-refractivity contribution in [3.05, 3.63) is 106 Å². The summed E-state index contributed by atoms with van der Waals surface area (Å²) < 4.78 is 5.94. The second-order valence-corrected chi connectivity index (χ2v) is 8.92. The second kappa shape index (κ2) is 10.1. The van der Waals surface area contributed by atoms with Gasteiger partial charge in [-0.2, -0.15) is 0 Å². The van der Waals surface area contributed by atoms with Gasteiger partial charge in [-0.3, -0.25) is 0 Å². The fourth-order valence-corrected chi connectivity index (χ4v) is 4.10. The van der Waals surface area contributed by atoms with E-state index in [1.165, 1.54) is 0 Å². The lowest BCUT2D eigenvalue weighted by Crippen LogP contribution is -2.43. The Hall–Kier alpha value is -2.69. The lowest BCUT2D eigenvalue weighted by Gasteiger charge is -2.13. The van der Waals surface area contributed by atoms with Gasteiger partial charge >= 0.3 is 13.8 Å². The highest BCUT2D eigenvalue weighted by molar-refractivity contribution is 6.79. The molecule has 0 heterocycles. The van der Waals surface area contributed by atoms with Crippen LogP contribution in [-0.2, 0) is 0 Å². The van der Waals surface area contributed by atoms with Crippen LogP contribution >= 0.6 is 23.2 Å². The van der Waals surface area contributed by atoms with E-state index in [4.69, 9.17) is 27.9 Å². The molecule has 0 radical (unpaired) electrons. The van der Waals surface area contributed by atoms with Crippen molar-refractivity contribution in [2.24, 2.45) is 0 Å². The molecule has 0 fully saturated rings. The molecule has 0 atom stereocenters. The van der Waals surface area contributed by atoms with Gasteiger partial charge in [0.05, 0.1) is 0 Å². The zero-order chi connectivity index (χ0) is 23.5. The molecule has 0 amide bonds. The Morgan fingerprint density at radius 2 is 0.939 bits per heavy atom.